The molecule has 5 nitrogen and oxygen atoms in total. The normalized spacial score (nSPS) is 8.67. The molecule has 0 aliphatic heterocycles. The summed E-state index contributed by atoms with van der Waals surface area (Å²) in [6.07, 6.45) is 0. The zero-order chi connectivity index (χ0) is 10.6. The lowest BCUT2D eigenvalue weighted by molar-refractivity contribution is 0.0555. The number of hydrogen-bond donors (Lipinski definition) is 0. The number of methoxy groups -OCH3 is 2. The van der Waals surface area contributed by atoms with Gasteiger partial charge in [-0.2, -0.15) is 0 Å². The molecule has 0 amide bonds. The third-order valence-electron chi connectivity index (χ3n) is 1.74. The zero-order valence-electron chi connectivity index (χ0n) is 8.44. The van der Waals surface area contributed by atoms with Crippen LogP contribution in [0.3, 0.4) is 0 Å². The second-order valence-corrected chi connectivity index (χ2v) is 2.53. The molecule has 1 aromatic carbocycles. The minimum atomic E-state index is -0.550. The minimum absolute atomic E-state index is 0. The Hall–Kier alpha value is -1.88. The highest BCUT2D eigenvalue weighted by atomic mass is 16.5. The predicted molar refractivity (Wildman–Crippen MR) is 52.7 cm³/mol. The molecule has 0 fully saturated rings. The van der Waals surface area contributed by atoms with E-state index in [-0.39, 0.29) is 16.6 Å². The fourth-order valence-corrected chi connectivity index (χ4v) is 1.06. The van der Waals surface area contributed by atoms with Crippen molar-refractivity contribution < 1.29 is 24.5 Å². The van der Waals surface area contributed by atoms with Gasteiger partial charge in [0, 0.05) is 0 Å². The van der Waals surface area contributed by atoms with Gasteiger partial charge in [0.15, 0.2) is 0 Å². The van der Waals surface area contributed by atoms with Crippen molar-refractivity contribution >= 4 is 11.9 Å². The van der Waals surface area contributed by atoms with Crippen molar-refractivity contribution in [3.8, 4) is 0 Å². The maximum absolute atomic E-state index is 11.2. The molecule has 0 saturated carbocycles. The van der Waals surface area contributed by atoms with Crippen molar-refractivity contribution in [2.75, 3.05) is 14.2 Å². The van der Waals surface area contributed by atoms with Gasteiger partial charge in [-0.1, -0.05) is 12.1 Å². The van der Waals surface area contributed by atoms with E-state index in [1.54, 1.807) is 12.1 Å². The van der Waals surface area contributed by atoms with E-state index in [4.69, 9.17) is 0 Å². The standard InChI is InChI=1S/C10H10O4.H2O/c1-13-9(11)7-5-3-4-6-8(7)10(12)14-2;/h3-6H,1-2H3;1H2. The van der Waals surface area contributed by atoms with E-state index < -0.39 is 11.9 Å². The number of carbonyl (C=O) groups is 2. The third kappa shape index (κ3) is 2.78. The van der Waals surface area contributed by atoms with E-state index in [1.807, 2.05) is 0 Å². The van der Waals surface area contributed by atoms with Crippen molar-refractivity contribution in [2.45, 2.75) is 0 Å². The fourth-order valence-electron chi connectivity index (χ4n) is 1.06. The fraction of sp³-hybridized carbons (Fsp3) is 0.200. The number of carbonyl (C=O) groups excluding carboxylic acids is 2. The number of rotatable bonds is 2. The lowest BCUT2D eigenvalue weighted by Gasteiger charge is -2.04. The summed E-state index contributed by atoms with van der Waals surface area (Å²) >= 11 is 0. The summed E-state index contributed by atoms with van der Waals surface area (Å²) < 4.78 is 9.05. The van der Waals surface area contributed by atoms with Gasteiger partial charge in [-0.05, 0) is 12.1 Å². The summed E-state index contributed by atoms with van der Waals surface area (Å²) in [6.45, 7) is 0. The van der Waals surface area contributed by atoms with Gasteiger partial charge in [-0.25, -0.2) is 9.59 Å². The first-order chi connectivity index (χ1) is 6.70. The summed E-state index contributed by atoms with van der Waals surface area (Å²) in [5.41, 5.74) is 0.420. The van der Waals surface area contributed by atoms with Crippen LogP contribution in [-0.2, 0) is 9.47 Å². The predicted octanol–water partition coefficient (Wildman–Crippen LogP) is 0.435. The van der Waals surface area contributed by atoms with E-state index in [0.29, 0.717) is 0 Å². The quantitative estimate of drug-likeness (QED) is 0.665. The lowest BCUT2D eigenvalue weighted by atomic mass is 10.1. The van der Waals surface area contributed by atoms with E-state index >= 15 is 0 Å². The maximum atomic E-state index is 11.2. The summed E-state index contributed by atoms with van der Waals surface area (Å²) in [7, 11) is 2.52. The van der Waals surface area contributed by atoms with E-state index in [0.717, 1.165) is 0 Å². The molecule has 0 spiro atoms. The average Bonchev–Trinajstić information content (AvgIpc) is 2.27. The Bertz CT molecular complexity index is 324. The van der Waals surface area contributed by atoms with Crippen LogP contribution < -0.4 is 0 Å². The van der Waals surface area contributed by atoms with E-state index in [2.05, 4.69) is 9.47 Å². The summed E-state index contributed by atoms with van der Waals surface area (Å²) in [4.78, 5) is 22.4. The maximum Gasteiger partial charge on any atom is 0.338 e. The Morgan fingerprint density at radius 2 is 1.27 bits per heavy atom. The molecule has 0 unspecified atom stereocenters. The topological polar surface area (TPSA) is 84.1 Å². The number of benzene rings is 1. The molecular weight excluding hydrogens is 200 g/mol. The molecule has 1 aromatic rings. The van der Waals surface area contributed by atoms with Crippen LogP contribution in [-0.4, -0.2) is 31.6 Å². The molecule has 0 aromatic heterocycles. The SMILES string of the molecule is COC(=O)c1ccccc1C(=O)OC.O. The number of esters is 2. The minimum Gasteiger partial charge on any atom is -0.465 e. The van der Waals surface area contributed by atoms with Gasteiger partial charge in [-0.15, -0.1) is 0 Å². The molecule has 0 aliphatic rings. The molecule has 0 radical (unpaired) electrons. The van der Waals surface area contributed by atoms with Crippen LogP contribution in [0.4, 0.5) is 0 Å². The molecule has 0 atom stereocenters. The van der Waals surface area contributed by atoms with Crippen molar-refractivity contribution in [3.63, 3.8) is 0 Å². The van der Waals surface area contributed by atoms with Crippen LogP contribution in [0.15, 0.2) is 24.3 Å². The van der Waals surface area contributed by atoms with Gasteiger partial charge in [0.1, 0.15) is 0 Å². The van der Waals surface area contributed by atoms with Crippen LogP contribution >= 0.6 is 0 Å². The molecule has 2 N–H and O–H groups in total. The summed E-state index contributed by atoms with van der Waals surface area (Å²) in [5.74, 6) is -1.10. The average molecular weight is 212 g/mol. The Kier molecular flexibility index (Phi) is 5.04. The molecule has 15 heavy (non-hydrogen) atoms. The second kappa shape index (κ2) is 5.77. The van der Waals surface area contributed by atoms with Gasteiger partial charge in [0.05, 0.1) is 25.3 Å². The summed E-state index contributed by atoms with van der Waals surface area (Å²) in [5, 5.41) is 0. The Morgan fingerprint density at radius 1 is 0.933 bits per heavy atom. The Morgan fingerprint density at radius 3 is 1.53 bits per heavy atom. The molecular formula is C10H12O5. The van der Waals surface area contributed by atoms with Crippen molar-refractivity contribution in [1.29, 1.82) is 0 Å². The van der Waals surface area contributed by atoms with Crippen LogP contribution in [0.2, 0.25) is 0 Å². The van der Waals surface area contributed by atoms with Gasteiger partial charge in [0.25, 0.3) is 0 Å². The first kappa shape index (κ1) is 13.1. The van der Waals surface area contributed by atoms with Gasteiger partial charge < -0.3 is 14.9 Å². The zero-order valence-corrected chi connectivity index (χ0v) is 8.44. The van der Waals surface area contributed by atoms with E-state index in [1.165, 1.54) is 26.4 Å². The highest BCUT2D eigenvalue weighted by molar-refractivity contribution is 6.02. The first-order valence-corrected chi connectivity index (χ1v) is 3.96. The van der Waals surface area contributed by atoms with Crippen LogP contribution in [0.1, 0.15) is 20.7 Å². The van der Waals surface area contributed by atoms with Gasteiger partial charge >= 0.3 is 11.9 Å². The third-order valence-corrected chi connectivity index (χ3v) is 1.74. The highest BCUT2D eigenvalue weighted by Crippen LogP contribution is 2.10. The van der Waals surface area contributed by atoms with Crippen molar-refractivity contribution in [3.05, 3.63) is 35.4 Å². The molecule has 0 bridgehead atoms. The Labute approximate surface area is 86.9 Å². The largest absolute Gasteiger partial charge is 0.465 e. The molecule has 0 saturated heterocycles. The second-order valence-electron chi connectivity index (χ2n) is 2.53. The van der Waals surface area contributed by atoms with Crippen LogP contribution in [0.25, 0.3) is 0 Å². The van der Waals surface area contributed by atoms with Crippen LogP contribution in [0, 0.1) is 0 Å². The monoisotopic (exact) mass is 212 g/mol. The smallest absolute Gasteiger partial charge is 0.338 e. The van der Waals surface area contributed by atoms with Crippen LogP contribution in [0.5, 0.6) is 0 Å². The molecule has 1 rings (SSSR count). The number of hydrogen-bond acceptors (Lipinski definition) is 4. The molecule has 5 heteroatoms. The van der Waals surface area contributed by atoms with Crippen molar-refractivity contribution in [1.82, 2.24) is 0 Å². The molecule has 0 aliphatic carbocycles. The lowest BCUT2D eigenvalue weighted by Crippen LogP contribution is -2.11. The molecule has 0 heterocycles. The van der Waals surface area contributed by atoms with Gasteiger partial charge in [-0.3, -0.25) is 0 Å². The number of ether oxygens (including phenoxy) is 2. The summed E-state index contributed by atoms with van der Waals surface area (Å²) in [6, 6.07) is 6.33. The highest BCUT2D eigenvalue weighted by Gasteiger charge is 2.16. The van der Waals surface area contributed by atoms with Gasteiger partial charge in [0.2, 0.25) is 0 Å². The van der Waals surface area contributed by atoms with E-state index in [9.17, 15) is 9.59 Å². The Balaban J connectivity index is 0.00000196. The first-order valence-electron chi connectivity index (χ1n) is 3.96. The molecule has 82 valence electrons. The van der Waals surface area contributed by atoms with Crippen molar-refractivity contribution in [2.24, 2.45) is 0 Å².